The number of pyridine rings is 1. The Balaban J connectivity index is 2.45. The molecule has 0 aliphatic rings. The molecule has 0 amide bonds. The number of hydrogen-bond donors (Lipinski definition) is 0. The monoisotopic (exact) mass is 241 g/mol. The molecule has 0 spiro atoms. The highest BCUT2D eigenvalue weighted by molar-refractivity contribution is 7.84. The van der Waals surface area contributed by atoms with E-state index in [0.717, 1.165) is 5.69 Å². The maximum Gasteiger partial charge on any atom is 0.309 e. The molecule has 1 aromatic rings. The van der Waals surface area contributed by atoms with E-state index in [1.807, 2.05) is 18.2 Å². The fourth-order valence-corrected chi connectivity index (χ4v) is 2.57. The summed E-state index contributed by atoms with van der Waals surface area (Å²) >= 11 is 0. The van der Waals surface area contributed by atoms with Crippen molar-refractivity contribution in [1.29, 1.82) is 0 Å². The summed E-state index contributed by atoms with van der Waals surface area (Å²) in [5, 5.41) is 0. The molecule has 1 aromatic heterocycles. The molecule has 2 atom stereocenters. The van der Waals surface area contributed by atoms with Crippen LogP contribution in [0.1, 0.15) is 12.6 Å². The lowest BCUT2D eigenvalue weighted by atomic mass is 10.2. The van der Waals surface area contributed by atoms with Crippen LogP contribution < -0.4 is 0 Å². The van der Waals surface area contributed by atoms with Gasteiger partial charge in [-0.1, -0.05) is 13.0 Å². The number of rotatable bonds is 5. The average molecular weight is 241 g/mol. The van der Waals surface area contributed by atoms with Crippen LogP contribution in [-0.4, -0.2) is 28.0 Å². The number of esters is 1. The van der Waals surface area contributed by atoms with Gasteiger partial charge in [-0.3, -0.25) is 14.0 Å². The topological polar surface area (TPSA) is 56.3 Å². The van der Waals surface area contributed by atoms with E-state index in [1.165, 1.54) is 7.11 Å². The minimum absolute atomic E-state index is 0.309. The SMILES string of the molecule is COC(=O)C(C)CS(=O)Cc1ccccn1. The third-order valence-corrected chi connectivity index (χ3v) is 3.56. The Bertz CT molecular complexity index is 367. The molecule has 88 valence electrons. The molecule has 0 saturated carbocycles. The lowest BCUT2D eigenvalue weighted by Gasteiger charge is -2.08. The summed E-state index contributed by atoms with van der Waals surface area (Å²) in [6.45, 7) is 1.71. The molecule has 0 aliphatic carbocycles. The Morgan fingerprint density at radius 3 is 2.88 bits per heavy atom. The fourth-order valence-electron chi connectivity index (χ4n) is 1.26. The maximum absolute atomic E-state index is 11.7. The van der Waals surface area contributed by atoms with E-state index in [2.05, 4.69) is 9.72 Å². The van der Waals surface area contributed by atoms with Gasteiger partial charge in [0, 0.05) is 22.7 Å². The first kappa shape index (κ1) is 12.8. The van der Waals surface area contributed by atoms with Crippen molar-refractivity contribution in [3.63, 3.8) is 0 Å². The van der Waals surface area contributed by atoms with Crippen molar-refractivity contribution in [1.82, 2.24) is 4.98 Å². The first-order valence-corrected chi connectivity index (χ1v) is 6.45. The third kappa shape index (κ3) is 4.10. The first-order chi connectivity index (χ1) is 7.63. The van der Waals surface area contributed by atoms with Gasteiger partial charge in [0.15, 0.2) is 0 Å². The second kappa shape index (κ2) is 6.37. The van der Waals surface area contributed by atoms with Crippen LogP contribution >= 0.6 is 0 Å². The zero-order valence-corrected chi connectivity index (χ0v) is 10.2. The van der Waals surface area contributed by atoms with Gasteiger partial charge < -0.3 is 4.74 Å². The summed E-state index contributed by atoms with van der Waals surface area (Å²) in [5.41, 5.74) is 0.776. The summed E-state index contributed by atoms with van der Waals surface area (Å²) in [5.74, 6) is 0.0229. The van der Waals surface area contributed by atoms with E-state index in [1.54, 1.807) is 13.1 Å². The summed E-state index contributed by atoms with van der Waals surface area (Å²) in [7, 11) is 0.247. The Hall–Kier alpha value is -1.23. The van der Waals surface area contributed by atoms with Crippen molar-refractivity contribution < 1.29 is 13.7 Å². The molecule has 0 radical (unpaired) electrons. The van der Waals surface area contributed by atoms with Gasteiger partial charge in [0.2, 0.25) is 0 Å². The number of hydrogen-bond acceptors (Lipinski definition) is 4. The Morgan fingerprint density at radius 2 is 2.31 bits per heavy atom. The van der Waals surface area contributed by atoms with Gasteiger partial charge in [-0.05, 0) is 12.1 Å². The van der Waals surface area contributed by atoms with Gasteiger partial charge in [0.05, 0.1) is 24.5 Å². The van der Waals surface area contributed by atoms with Crippen LogP contribution in [-0.2, 0) is 26.1 Å². The molecule has 1 heterocycles. The van der Waals surface area contributed by atoms with E-state index in [-0.39, 0.29) is 11.9 Å². The highest BCUT2D eigenvalue weighted by Gasteiger charge is 2.16. The molecule has 0 bridgehead atoms. The van der Waals surface area contributed by atoms with Gasteiger partial charge in [-0.15, -0.1) is 0 Å². The number of carbonyl (C=O) groups is 1. The summed E-state index contributed by atoms with van der Waals surface area (Å²) in [6, 6.07) is 5.48. The Morgan fingerprint density at radius 1 is 1.56 bits per heavy atom. The molecule has 0 fully saturated rings. The molecule has 2 unspecified atom stereocenters. The molecule has 0 aliphatic heterocycles. The predicted molar refractivity (Wildman–Crippen MR) is 62.1 cm³/mol. The molecule has 0 N–H and O–H groups in total. The number of ether oxygens (including phenoxy) is 1. The average Bonchev–Trinajstić information content (AvgIpc) is 2.29. The van der Waals surface area contributed by atoms with Gasteiger partial charge >= 0.3 is 5.97 Å². The van der Waals surface area contributed by atoms with Crippen molar-refractivity contribution in [2.75, 3.05) is 12.9 Å². The highest BCUT2D eigenvalue weighted by atomic mass is 32.2. The minimum Gasteiger partial charge on any atom is -0.469 e. The molecule has 16 heavy (non-hydrogen) atoms. The van der Waals surface area contributed by atoms with E-state index in [4.69, 9.17) is 0 Å². The smallest absolute Gasteiger partial charge is 0.309 e. The zero-order valence-electron chi connectivity index (χ0n) is 9.38. The maximum atomic E-state index is 11.7. The molecule has 0 saturated heterocycles. The molecular weight excluding hydrogens is 226 g/mol. The van der Waals surface area contributed by atoms with Crippen LogP contribution in [0.2, 0.25) is 0 Å². The van der Waals surface area contributed by atoms with Crippen molar-refractivity contribution in [2.45, 2.75) is 12.7 Å². The molecule has 4 nitrogen and oxygen atoms in total. The normalized spacial score (nSPS) is 14.1. The highest BCUT2D eigenvalue weighted by Crippen LogP contribution is 2.05. The van der Waals surface area contributed by atoms with Crippen molar-refractivity contribution in [3.05, 3.63) is 30.1 Å². The summed E-state index contributed by atoms with van der Waals surface area (Å²) in [6.07, 6.45) is 1.66. The van der Waals surface area contributed by atoms with Gasteiger partial charge in [0.25, 0.3) is 0 Å². The minimum atomic E-state index is -1.09. The molecule has 0 aromatic carbocycles. The van der Waals surface area contributed by atoms with E-state index in [9.17, 15) is 9.00 Å². The third-order valence-electron chi connectivity index (χ3n) is 2.07. The summed E-state index contributed by atoms with van der Waals surface area (Å²) < 4.78 is 16.3. The lowest BCUT2D eigenvalue weighted by Crippen LogP contribution is -2.20. The van der Waals surface area contributed by atoms with Gasteiger partial charge in [0.1, 0.15) is 0 Å². The van der Waals surface area contributed by atoms with Crippen molar-refractivity contribution in [3.8, 4) is 0 Å². The fraction of sp³-hybridized carbons (Fsp3) is 0.455. The van der Waals surface area contributed by atoms with Crippen LogP contribution in [0.15, 0.2) is 24.4 Å². The predicted octanol–water partition coefficient (Wildman–Crippen LogP) is 1.14. The van der Waals surface area contributed by atoms with Crippen LogP contribution in [0.5, 0.6) is 0 Å². The number of carbonyl (C=O) groups excluding carboxylic acids is 1. The quantitative estimate of drug-likeness (QED) is 0.725. The largest absolute Gasteiger partial charge is 0.469 e. The van der Waals surface area contributed by atoms with Crippen LogP contribution in [0, 0.1) is 5.92 Å². The van der Waals surface area contributed by atoms with Crippen LogP contribution in [0.3, 0.4) is 0 Å². The molecular formula is C11H15NO3S. The second-order valence-electron chi connectivity index (χ2n) is 3.50. The molecule has 1 rings (SSSR count). The van der Waals surface area contributed by atoms with Gasteiger partial charge in [-0.2, -0.15) is 0 Å². The van der Waals surface area contributed by atoms with E-state index in [0.29, 0.717) is 11.5 Å². The van der Waals surface area contributed by atoms with Crippen LogP contribution in [0.25, 0.3) is 0 Å². The van der Waals surface area contributed by atoms with E-state index >= 15 is 0 Å². The molecule has 5 heteroatoms. The standard InChI is InChI=1S/C11H15NO3S/c1-9(11(13)15-2)7-16(14)8-10-5-3-4-6-12-10/h3-6,9H,7-8H2,1-2H3. The zero-order chi connectivity index (χ0) is 12.0. The van der Waals surface area contributed by atoms with Crippen molar-refractivity contribution >= 4 is 16.8 Å². The lowest BCUT2D eigenvalue weighted by molar-refractivity contribution is -0.144. The number of aromatic nitrogens is 1. The first-order valence-electron chi connectivity index (χ1n) is 4.96. The Kier molecular flexibility index (Phi) is 5.11. The van der Waals surface area contributed by atoms with Gasteiger partial charge in [-0.25, -0.2) is 0 Å². The van der Waals surface area contributed by atoms with Crippen molar-refractivity contribution in [2.24, 2.45) is 5.92 Å². The van der Waals surface area contributed by atoms with E-state index < -0.39 is 10.8 Å². The van der Waals surface area contributed by atoms with Crippen LogP contribution in [0.4, 0.5) is 0 Å². The number of nitrogens with zero attached hydrogens (tertiary/aromatic N) is 1. The second-order valence-corrected chi connectivity index (χ2v) is 5.00. The number of methoxy groups -OCH3 is 1. The Labute approximate surface area is 97.5 Å². The summed E-state index contributed by atoms with van der Waals surface area (Å²) in [4.78, 5) is 15.2.